The van der Waals surface area contributed by atoms with Gasteiger partial charge in [-0.15, -0.1) is 23.1 Å². The van der Waals surface area contributed by atoms with Gasteiger partial charge >= 0.3 is 5.97 Å². The van der Waals surface area contributed by atoms with Gasteiger partial charge < -0.3 is 10.0 Å². The van der Waals surface area contributed by atoms with Crippen LogP contribution >= 0.6 is 23.1 Å². The van der Waals surface area contributed by atoms with E-state index < -0.39 is 12.0 Å². The van der Waals surface area contributed by atoms with Gasteiger partial charge in [0.05, 0.1) is 10.8 Å². The lowest BCUT2D eigenvalue weighted by molar-refractivity contribution is -0.140. The first-order valence-corrected chi connectivity index (χ1v) is 6.38. The van der Waals surface area contributed by atoms with E-state index in [-0.39, 0.29) is 5.91 Å². The second kappa shape index (κ2) is 4.24. The van der Waals surface area contributed by atoms with Crippen LogP contribution in [0.3, 0.4) is 0 Å². The van der Waals surface area contributed by atoms with Gasteiger partial charge in [-0.2, -0.15) is 0 Å². The summed E-state index contributed by atoms with van der Waals surface area (Å²) in [5.74, 6) is -0.160. The number of rotatable bonds is 2. The minimum absolute atomic E-state index is 0.178. The van der Waals surface area contributed by atoms with Gasteiger partial charge in [0, 0.05) is 5.75 Å². The van der Waals surface area contributed by atoms with Gasteiger partial charge in [-0.25, -0.2) is 4.79 Å². The van der Waals surface area contributed by atoms with Gasteiger partial charge in [-0.3, -0.25) is 4.79 Å². The molecule has 2 heterocycles. The van der Waals surface area contributed by atoms with Gasteiger partial charge in [0.25, 0.3) is 5.91 Å². The third-order valence-electron chi connectivity index (χ3n) is 2.16. The van der Waals surface area contributed by atoms with Crippen LogP contribution in [0, 0.1) is 0 Å². The monoisotopic (exact) mass is 243 g/mol. The number of carbonyl (C=O) groups excluding carboxylic acids is 1. The number of thioether (sulfide) groups is 1. The first-order valence-electron chi connectivity index (χ1n) is 4.35. The maximum atomic E-state index is 11.9. The van der Waals surface area contributed by atoms with E-state index in [2.05, 4.69) is 0 Å². The van der Waals surface area contributed by atoms with Crippen LogP contribution in [0.1, 0.15) is 9.67 Å². The van der Waals surface area contributed by atoms with Crippen molar-refractivity contribution in [3.8, 4) is 0 Å². The average Bonchev–Trinajstić information content (AvgIpc) is 2.88. The quantitative estimate of drug-likeness (QED) is 0.851. The number of nitrogens with zero attached hydrogens (tertiary/aromatic N) is 1. The molecule has 1 N–H and O–H groups in total. The molecule has 1 aliphatic heterocycles. The zero-order chi connectivity index (χ0) is 10.8. The number of carboxylic acid groups (broad SMARTS) is 1. The van der Waals surface area contributed by atoms with E-state index in [9.17, 15) is 9.59 Å². The number of aliphatic carboxylic acids is 1. The highest BCUT2D eigenvalue weighted by molar-refractivity contribution is 7.99. The van der Waals surface area contributed by atoms with Crippen LogP contribution in [0.25, 0.3) is 0 Å². The van der Waals surface area contributed by atoms with Crippen molar-refractivity contribution < 1.29 is 14.7 Å². The van der Waals surface area contributed by atoms with Gasteiger partial charge in [0.1, 0.15) is 6.04 Å². The third-order valence-corrected chi connectivity index (χ3v) is 4.03. The van der Waals surface area contributed by atoms with Crippen molar-refractivity contribution in [2.45, 2.75) is 6.04 Å². The molecule has 0 bridgehead atoms. The highest BCUT2D eigenvalue weighted by atomic mass is 32.2. The minimum atomic E-state index is -0.926. The molecule has 0 aliphatic carbocycles. The lowest BCUT2D eigenvalue weighted by Crippen LogP contribution is -2.41. The van der Waals surface area contributed by atoms with Crippen LogP contribution in [0.2, 0.25) is 0 Å². The molecule has 0 unspecified atom stereocenters. The van der Waals surface area contributed by atoms with E-state index in [1.54, 1.807) is 12.1 Å². The zero-order valence-electron chi connectivity index (χ0n) is 7.75. The molecule has 1 amide bonds. The zero-order valence-corrected chi connectivity index (χ0v) is 9.38. The number of carbonyl (C=O) groups is 2. The summed E-state index contributed by atoms with van der Waals surface area (Å²) in [6.07, 6.45) is 0. The lowest BCUT2D eigenvalue weighted by atomic mass is 10.3. The summed E-state index contributed by atoms with van der Waals surface area (Å²) in [6, 6.07) is 2.83. The molecule has 1 saturated heterocycles. The summed E-state index contributed by atoms with van der Waals surface area (Å²) >= 11 is 2.81. The number of carboxylic acids is 1. The molecular weight excluding hydrogens is 234 g/mol. The Bertz CT molecular complexity index is 377. The van der Waals surface area contributed by atoms with Gasteiger partial charge in [0.2, 0.25) is 0 Å². The Labute approximate surface area is 94.9 Å². The second-order valence-corrected chi connectivity index (χ2v) is 5.05. The van der Waals surface area contributed by atoms with E-state index in [1.807, 2.05) is 5.38 Å². The van der Waals surface area contributed by atoms with Crippen molar-refractivity contribution in [1.29, 1.82) is 0 Å². The molecule has 0 aromatic carbocycles. The predicted molar refractivity (Wildman–Crippen MR) is 59.2 cm³/mol. The van der Waals surface area contributed by atoms with Crippen LogP contribution in [0.5, 0.6) is 0 Å². The van der Waals surface area contributed by atoms with E-state index in [0.717, 1.165) is 0 Å². The van der Waals surface area contributed by atoms with Crippen molar-refractivity contribution in [3.63, 3.8) is 0 Å². The summed E-state index contributed by atoms with van der Waals surface area (Å²) in [4.78, 5) is 24.8. The molecule has 0 spiro atoms. The number of thiophene rings is 1. The molecule has 4 nitrogen and oxygen atoms in total. The standard InChI is InChI=1S/C9H9NO3S2/c11-8(7-2-1-3-15-7)10-5-14-4-6(10)9(12)13/h1-3,6H,4-5H2,(H,12,13)/t6-/m0/s1. The van der Waals surface area contributed by atoms with E-state index >= 15 is 0 Å². The van der Waals surface area contributed by atoms with E-state index in [0.29, 0.717) is 16.5 Å². The number of amides is 1. The summed E-state index contributed by atoms with van der Waals surface area (Å²) in [6.45, 7) is 0. The normalized spacial score (nSPS) is 20.5. The molecular formula is C9H9NO3S2. The average molecular weight is 243 g/mol. The fourth-order valence-electron chi connectivity index (χ4n) is 1.39. The highest BCUT2D eigenvalue weighted by Crippen LogP contribution is 2.24. The first kappa shape index (κ1) is 10.5. The Kier molecular flexibility index (Phi) is 2.97. The molecule has 0 radical (unpaired) electrons. The summed E-state index contributed by atoms with van der Waals surface area (Å²) in [5.41, 5.74) is 0. The summed E-state index contributed by atoms with van der Waals surface area (Å²) in [5, 5.41) is 10.7. The molecule has 1 atom stereocenters. The van der Waals surface area contributed by atoms with Crippen LogP contribution in [0.4, 0.5) is 0 Å². The first-order chi connectivity index (χ1) is 7.20. The SMILES string of the molecule is O=C(O)[C@@H]1CSCN1C(=O)c1cccs1. The topological polar surface area (TPSA) is 57.6 Å². The maximum Gasteiger partial charge on any atom is 0.327 e. The molecule has 1 aromatic rings. The van der Waals surface area contributed by atoms with Crippen LogP contribution < -0.4 is 0 Å². The Balaban J connectivity index is 2.17. The Morgan fingerprint density at radius 3 is 2.93 bits per heavy atom. The van der Waals surface area contributed by atoms with E-state index in [4.69, 9.17) is 5.11 Å². The molecule has 80 valence electrons. The van der Waals surface area contributed by atoms with Gasteiger partial charge in [0.15, 0.2) is 0 Å². The summed E-state index contributed by atoms with van der Waals surface area (Å²) < 4.78 is 0. The van der Waals surface area contributed by atoms with Crippen molar-refractivity contribution in [1.82, 2.24) is 4.90 Å². The molecule has 0 saturated carbocycles. The Morgan fingerprint density at radius 1 is 1.53 bits per heavy atom. The van der Waals surface area contributed by atoms with Crippen molar-refractivity contribution in [2.24, 2.45) is 0 Å². The number of hydrogen-bond acceptors (Lipinski definition) is 4. The molecule has 6 heteroatoms. The molecule has 2 rings (SSSR count). The maximum absolute atomic E-state index is 11.9. The smallest absolute Gasteiger partial charge is 0.327 e. The van der Waals surface area contributed by atoms with Crippen molar-refractivity contribution in [2.75, 3.05) is 11.6 Å². The van der Waals surface area contributed by atoms with Crippen LogP contribution in [-0.4, -0.2) is 39.6 Å². The second-order valence-electron chi connectivity index (χ2n) is 3.11. The molecule has 1 aliphatic rings. The van der Waals surface area contributed by atoms with Gasteiger partial charge in [-0.05, 0) is 11.4 Å². The van der Waals surface area contributed by atoms with E-state index in [1.165, 1.54) is 28.0 Å². The van der Waals surface area contributed by atoms with Crippen LogP contribution in [0.15, 0.2) is 17.5 Å². The predicted octanol–water partition coefficient (Wildman–Crippen LogP) is 1.35. The fraction of sp³-hybridized carbons (Fsp3) is 0.333. The fourth-order valence-corrected chi connectivity index (χ4v) is 3.21. The third kappa shape index (κ3) is 2.00. The number of hydrogen-bond donors (Lipinski definition) is 1. The Morgan fingerprint density at radius 2 is 2.33 bits per heavy atom. The lowest BCUT2D eigenvalue weighted by Gasteiger charge is -2.19. The molecule has 1 aromatic heterocycles. The summed E-state index contributed by atoms with van der Waals surface area (Å²) in [7, 11) is 0. The van der Waals surface area contributed by atoms with Gasteiger partial charge in [-0.1, -0.05) is 6.07 Å². The molecule has 15 heavy (non-hydrogen) atoms. The Hall–Kier alpha value is -1.01. The minimum Gasteiger partial charge on any atom is -0.480 e. The largest absolute Gasteiger partial charge is 0.480 e. The highest BCUT2D eigenvalue weighted by Gasteiger charge is 2.35. The van der Waals surface area contributed by atoms with Crippen molar-refractivity contribution in [3.05, 3.63) is 22.4 Å². The van der Waals surface area contributed by atoms with Crippen LogP contribution in [-0.2, 0) is 4.79 Å². The molecule has 1 fully saturated rings. The van der Waals surface area contributed by atoms with Crippen molar-refractivity contribution >= 4 is 35.0 Å².